The Bertz CT molecular complexity index is 419. The molecule has 1 fully saturated rings. The third-order valence-electron chi connectivity index (χ3n) is 3.40. The standard InChI is InChI=1S/C14H19NO3/c1-15-9-5-6-11(15)10-18-13-8-4-3-7-12(13)14(16)17-2/h3-4,7-8,11H,5-6,9-10H2,1-2H3. The zero-order valence-electron chi connectivity index (χ0n) is 10.9. The van der Waals surface area contributed by atoms with Crippen molar-refractivity contribution in [3.63, 3.8) is 0 Å². The van der Waals surface area contributed by atoms with Crippen LogP contribution in [0.1, 0.15) is 23.2 Å². The number of hydrogen-bond acceptors (Lipinski definition) is 4. The molecule has 0 N–H and O–H groups in total. The number of methoxy groups -OCH3 is 1. The lowest BCUT2D eigenvalue weighted by Crippen LogP contribution is -2.30. The lowest BCUT2D eigenvalue weighted by atomic mass is 10.2. The molecule has 0 spiro atoms. The van der Waals surface area contributed by atoms with E-state index in [0.717, 1.165) is 13.0 Å². The summed E-state index contributed by atoms with van der Waals surface area (Å²) in [4.78, 5) is 13.9. The molecule has 0 saturated carbocycles. The first-order valence-electron chi connectivity index (χ1n) is 6.22. The number of ether oxygens (including phenoxy) is 2. The van der Waals surface area contributed by atoms with Crippen LogP contribution in [0.5, 0.6) is 5.75 Å². The molecule has 1 aromatic rings. The molecule has 1 heterocycles. The number of likely N-dealkylation sites (N-methyl/N-ethyl adjacent to an activating group) is 1. The molecule has 0 bridgehead atoms. The first-order chi connectivity index (χ1) is 8.72. The van der Waals surface area contributed by atoms with Crippen molar-refractivity contribution in [3.05, 3.63) is 29.8 Å². The molecule has 1 aliphatic rings. The Labute approximate surface area is 107 Å². The van der Waals surface area contributed by atoms with Gasteiger partial charge in [0.05, 0.1) is 7.11 Å². The van der Waals surface area contributed by atoms with Crippen LogP contribution in [0, 0.1) is 0 Å². The Morgan fingerprint density at radius 1 is 1.44 bits per heavy atom. The van der Waals surface area contributed by atoms with Crippen molar-refractivity contribution in [3.8, 4) is 5.75 Å². The molecule has 1 aromatic carbocycles. The van der Waals surface area contributed by atoms with Gasteiger partial charge in [0.1, 0.15) is 17.9 Å². The largest absolute Gasteiger partial charge is 0.491 e. The molecule has 1 unspecified atom stereocenters. The van der Waals surface area contributed by atoms with E-state index in [-0.39, 0.29) is 5.97 Å². The van der Waals surface area contributed by atoms with Gasteiger partial charge < -0.3 is 14.4 Å². The highest BCUT2D eigenvalue weighted by Gasteiger charge is 2.22. The normalized spacial score (nSPS) is 19.8. The molecular weight excluding hydrogens is 230 g/mol. The number of hydrogen-bond donors (Lipinski definition) is 0. The van der Waals surface area contributed by atoms with Crippen molar-refractivity contribution in [2.24, 2.45) is 0 Å². The summed E-state index contributed by atoms with van der Waals surface area (Å²) in [5.74, 6) is 0.245. The smallest absolute Gasteiger partial charge is 0.341 e. The van der Waals surface area contributed by atoms with E-state index in [9.17, 15) is 4.79 Å². The number of esters is 1. The topological polar surface area (TPSA) is 38.8 Å². The zero-order valence-corrected chi connectivity index (χ0v) is 10.9. The average Bonchev–Trinajstić information content (AvgIpc) is 2.81. The molecule has 98 valence electrons. The fourth-order valence-corrected chi connectivity index (χ4v) is 2.25. The molecule has 0 amide bonds. The van der Waals surface area contributed by atoms with Gasteiger partial charge in [-0.2, -0.15) is 0 Å². The molecule has 2 rings (SSSR count). The quantitative estimate of drug-likeness (QED) is 0.764. The molecule has 0 aliphatic carbocycles. The third-order valence-corrected chi connectivity index (χ3v) is 3.40. The highest BCUT2D eigenvalue weighted by atomic mass is 16.5. The predicted molar refractivity (Wildman–Crippen MR) is 68.9 cm³/mol. The second kappa shape index (κ2) is 5.87. The number of rotatable bonds is 4. The molecule has 4 nitrogen and oxygen atoms in total. The summed E-state index contributed by atoms with van der Waals surface area (Å²) in [6.07, 6.45) is 2.36. The van der Waals surface area contributed by atoms with E-state index in [1.165, 1.54) is 13.5 Å². The summed E-state index contributed by atoms with van der Waals surface area (Å²) in [5, 5.41) is 0. The molecule has 1 aliphatic heterocycles. The minimum absolute atomic E-state index is 0.356. The van der Waals surface area contributed by atoms with Gasteiger partial charge in [0.15, 0.2) is 0 Å². The molecule has 0 aromatic heterocycles. The molecule has 0 radical (unpaired) electrons. The summed E-state index contributed by atoms with van der Waals surface area (Å²) in [6.45, 7) is 1.73. The summed E-state index contributed by atoms with van der Waals surface area (Å²) >= 11 is 0. The van der Waals surface area contributed by atoms with Crippen molar-refractivity contribution in [2.75, 3.05) is 27.3 Å². The Morgan fingerprint density at radius 3 is 2.89 bits per heavy atom. The average molecular weight is 249 g/mol. The van der Waals surface area contributed by atoms with Crippen LogP contribution in [0.25, 0.3) is 0 Å². The maximum atomic E-state index is 11.6. The highest BCUT2D eigenvalue weighted by molar-refractivity contribution is 5.92. The van der Waals surface area contributed by atoms with Gasteiger partial charge in [-0.15, -0.1) is 0 Å². The summed E-state index contributed by atoms with van der Waals surface area (Å²) < 4.78 is 10.5. The van der Waals surface area contributed by atoms with Gasteiger partial charge in [-0.05, 0) is 38.6 Å². The van der Waals surface area contributed by atoms with Gasteiger partial charge >= 0.3 is 5.97 Å². The fraction of sp³-hybridized carbons (Fsp3) is 0.500. The van der Waals surface area contributed by atoms with E-state index in [1.54, 1.807) is 18.2 Å². The van der Waals surface area contributed by atoms with E-state index in [2.05, 4.69) is 11.9 Å². The fourth-order valence-electron chi connectivity index (χ4n) is 2.25. The van der Waals surface area contributed by atoms with Crippen molar-refractivity contribution in [1.82, 2.24) is 4.90 Å². The maximum Gasteiger partial charge on any atom is 0.341 e. The van der Waals surface area contributed by atoms with Gasteiger partial charge in [0, 0.05) is 6.04 Å². The molecule has 18 heavy (non-hydrogen) atoms. The first-order valence-corrected chi connectivity index (χ1v) is 6.22. The molecule has 1 saturated heterocycles. The van der Waals surface area contributed by atoms with Crippen LogP contribution >= 0.6 is 0 Å². The number of likely N-dealkylation sites (tertiary alicyclic amines) is 1. The van der Waals surface area contributed by atoms with E-state index >= 15 is 0 Å². The number of nitrogens with zero attached hydrogens (tertiary/aromatic N) is 1. The molecule has 4 heteroatoms. The second-order valence-electron chi connectivity index (χ2n) is 4.58. The molecule has 1 atom stereocenters. The van der Waals surface area contributed by atoms with Gasteiger partial charge in [-0.3, -0.25) is 0 Å². The Balaban J connectivity index is 2.02. The van der Waals surface area contributed by atoms with Crippen LogP contribution in [-0.4, -0.2) is 44.2 Å². The molecular formula is C14H19NO3. The van der Waals surface area contributed by atoms with E-state index in [0.29, 0.717) is 24.0 Å². The summed E-state index contributed by atoms with van der Waals surface area (Å²) in [7, 11) is 3.48. The van der Waals surface area contributed by atoms with Crippen LogP contribution in [-0.2, 0) is 4.74 Å². The maximum absolute atomic E-state index is 11.6. The minimum Gasteiger partial charge on any atom is -0.491 e. The van der Waals surface area contributed by atoms with Gasteiger partial charge in [-0.25, -0.2) is 4.79 Å². The van der Waals surface area contributed by atoms with Crippen molar-refractivity contribution < 1.29 is 14.3 Å². The monoisotopic (exact) mass is 249 g/mol. The van der Waals surface area contributed by atoms with E-state index < -0.39 is 0 Å². The number of benzene rings is 1. The first kappa shape index (κ1) is 12.9. The predicted octanol–water partition coefficient (Wildman–Crippen LogP) is 1.95. The second-order valence-corrected chi connectivity index (χ2v) is 4.58. The van der Waals surface area contributed by atoms with Crippen molar-refractivity contribution in [2.45, 2.75) is 18.9 Å². The van der Waals surface area contributed by atoms with Crippen LogP contribution < -0.4 is 4.74 Å². The Hall–Kier alpha value is -1.55. The zero-order chi connectivity index (χ0) is 13.0. The number of carbonyl (C=O) groups excluding carboxylic acids is 1. The Morgan fingerprint density at radius 2 is 2.22 bits per heavy atom. The van der Waals surface area contributed by atoms with Gasteiger partial charge in [0.2, 0.25) is 0 Å². The van der Waals surface area contributed by atoms with Crippen molar-refractivity contribution >= 4 is 5.97 Å². The SMILES string of the molecule is COC(=O)c1ccccc1OCC1CCCN1C. The van der Waals surface area contributed by atoms with E-state index in [1.807, 2.05) is 6.07 Å². The van der Waals surface area contributed by atoms with Crippen LogP contribution in [0.4, 0.5) is 0 Å². The Kier molecular flexibility index (Phi) is 4.20. The lowest BCUT2D eigenvalue weighted by Gasteiger charge is -2.20. The van der Waals surface area contributed by atoms with Gasteiger partial charge in [-0.1, -0.05) is 12.1 Å². The summed E-state index contributed by atoms with van der Waals surface area (Å²) in [6, 6.07) is 7.64. The summed E-state index contributed by atoms with van der Waals surface area (Å²) in [5.41, 5.74) is 0.487. The van der Waals surface area contributed by atoms with Crippen molar-refractivity contribution in [1.29, 1.82) is 0 Å². The number of carbonyl (C=O) groups is 1. The van der Waals surface area contributed by atoms with Crippen LogP contribution in [0.3, 0.4) is 0 Å². The lowest BCUT2D eigenvalue weighted by molar-refractivity contribution is 0.0594. The van der Waals surface area contributed by atoms with Crippen LogP contribution in [0.15, 0.2) is 24.3 Å². The minimum atomic E-state index is -0.356. The third kappa shape index (κ3) is 2.82. The number of para-hydroxylation sites is 1. The van der Waals surface area contributed by atoms with E-state index in [4.69, 9.17) is 9.47 Å². The van der Waals surface area contributed by atoms with Crippen LogP contribution in [0.2, 0.25) is 0 Å². The van der Waals surface area contributed by atoms with Gasteiger partial charge in [0.25, 0.3) is 0 Å². The highest BCUT2D eigenvalue weighted by Crippen LogP contribution is 2.21.